The maximum absolute atomic E-state index is 10.4. The molecule has 2 aromatic heterocycles. The molecule has 114 valence electrons. The van der Waals surface area contributed by atoms with Crippen LogP contribution < -0.4 is 0 Å². The molecule has 3 nitrogen and oxygen atoms in total. The molecule has 3 heteroatoms. The smallest absolute Gasteiger partial charge is 0.139 e. The number of hydrogen-bond donors (Lipinski definition) is 2. The molecule has 0 aliphatic heterocycles. The van der Waals surface area contributed by atoms with E-state index in [4.69, 9.17) is 4.98 Å². The van der Waals surface area contributed by atoms with Gasteiger partial charge >= 0.3 is 0 Å². The van der Waals surface area contributed by atoms with E-state index in [1.54, 1.807) is 6.07 Å². The van der Waals surface area contributed by atoms with Gasteiger partial charge in [0.05, 0.1) is 5.69 Å². The van der Waals surface area contributed by atoms with Crippen LogP contribution in [0, 0.1) is 0 Å². The molecule has 0 atom stereocenters. The van der Waals surface area contributed by atoms with Crippen LogP contribution in [0.15, 0.2) is 72.8 Å². The molecular formula is C21H14N2O. The van der Waals surface area contributed by atoms with Crippen molar-refractivity contribution in [1.82, 2.24) is 9.97 Å². The Bertz CT molecular complexity index is 1220. The molecule has 3 aromatic carbocycles. The SMILES string of the molecule is Oc1ccc2ccccc2c1-c1ccc2c(n1)[nH]c1ccccc12. The first-order chi connectivity index (χ1) is 11.8. The van der Waals surface area contributed by atoms with Crippen LogP contribution in [0.4, 0.5) is 0 Å². The molecule has 0 spiro atoms. The van der Waals surface area contributed by atoms with Gasteiger partial charge in [0.2, 0.25) is 0 Å². The summed E-state index contributed by atoms with van der Waals surface area (Å²) >= 11 is 0. The summed E-state index contributed by atoms with van der Waals surface area (Å²) in [6, 6.07) is 23.9. The highest BCUT2D eigenvalue weighted by atomic mass is 16.3. The number of hydrogen-bond acceptors (Lipinski definition) is 2. The largest absolute Gasteiger partial charge is 0.507 e. The zero-order chi connectivity index (χ0) is 16.1. The molecule has 0 fully saturated rings. The normalized spacial score (nSPS) is 11.5. The lowest BCUT2D eigenvalue weighted by atomic mass is 10.0. The summed E-state index contributed by atoms with van der Waals surface area (Å²) in [5, 5.41) is 14.8. The van der Waals surface area contributed by atoms with Gasteiger partial charge in [-0.15, -0.1) is 0 Å². The van der Waals surface area contributed by atoms with E-state index in [9.17, 15) is 5.11 Å². The number of nitrogens with zero attached hydrogens (tertiary/aromatic N) is 1. The number of para-hydroxylation sites is 1. The lowest BCUT2D eigenvalue weighted by Gasteiger charge is -2.08. The number of phenolic OH excluding ortho intramolecular Hbond substituents is 1. The van der Waals surface area contributed by atoms with E-state index in [1.807, 2.05) is 54.6 Å². The van der Waals surface area contributed by atoms with Gasteiger partial charge in [0, 0.05) is 21.9 Å². The highest BCUT2D eigenvalue weighted by Gasteiger charge is 2.13. The second kappa shape index (κ2) is 4.83. The molecule has 0 saturated carbocycles. The highest BCUT2D eigenvalue weighted by Crippen LogP contribution is 2.36. The maximum Gasteiger partial charge on any atom is 0.139 e. The highest BCUT2D eigenvalue weighted by molar-refractivity contribution is 6.07. The number of phenols is 1. The van der Waals surface area contributed by atoms with E-state index in [2.05, 4.69) is 17.1 Å². The molecule has 0 unspecified atom stereocenters. The molecule has 0 aliphatic carbocycles. The summed E-state index contributed by atoms with van der Waals surface area (Å²) in [7, 11) is 0. The van der Waals surface area contributed by atoms with Crippen molar-refractivity contribution in [3.05, 3.63) is 72.8 Å². The number of pyridine rings is 1. The topological polar surface area (TPSA) is 48.9 Å². The van der Waals surface area contributed by atoms with E-state index in [-0.39, 0.29) is 5.75 Å². The van der Waals surface area contributed by atoms with Crippen molar-refractivity contribution in [1.29, 1.82) is 0 Å². The van der Waals surface area contributed by atoms with E-state index in [0.29, 0.717) is 0 Å². The van der Waals surface area contributed by atoms with Crippen LogP contribution >= 0.6 is 0 Å². The van der Waals surface area contributed by atoms with Gasteiger partial charge in [-0.05, 0) is 35.0 Å². The van der Waals surface area contributed by atoms with Gasteiger partial charge in [0.1, 0.15) is 11.4 Å². The van der Waals surface area contributed by atoms with Crippen LogP contribution in [0.25, 0.3) is 44.0 Å². The van der Waals surface area contributed by atoms with Crippen LogP contribution in [0.2, 0.25) is 0 Å². The number of fused-ring (bicyclic) bond motifs is 4. The summed E-state index contributed by atoms with van der Waals surface area (Å²) in [5.74, 6) is 0.247. The first kappa shape index (κ1) is 13.1. The number of aromatic nitrogens is 2. The summed E-state index contributed by atoms with van der Waals surface area (Å²) < 4.78 is 0. The number of benzene rings is 3. The predicted octanol–water partition coefficient (Wildman–Crippen LogP) is 5.24. The Morgan fingerprint density at radius 3 is 2.42 bits per heavy atom. The molecule has 5 aromatic rings. The van der Waals surface area contributed by atoms with E-state index in [1.165, 1.54) is 0 Å². The number of aromatic amines is 1. The Morgan fingerprint density at radius 2 is 1.50 bits per heavy atom. The third-order valence-corrected chi connectivity index (χ3v) is 4.53. The van der Waals surface area contributed by atoms with Crippen molar-refractivity contribution in [2.75, 3.05) is 0 Å². The quantitative estimate of drug-likeness (QED) is 0.445. The average molecular weight is 310 g/mol. The first-order valence-electron chi connectivity index (χ1n) is 7.90. The number of aromatic hydroxyl groups is 1. The van der Waals surface area contributed by atoms with Gasteiger partial charge in [-0.1, -0.05) is 48.5 Å². The van der Waals surface area contributed by atoms with Crippen LogP contribution in [0.3, 0.4) is 0 Å². The predicted molar refractivity (Wildman–Crippen MR) is 98.2 cm³/mol. The minimum absolute atomic E-state index is 0.247. The molecule has 0 aliphatic rings. The van der Waals surface area contributed by atoms with Gasteiger partial charge < -0.3 is 10.1 Å². The minimum Gasteiger partial charge on any atom is -0.507 e. The Hall–Kier alpha value is -3.33. The lowest BCUT2D eigenvalue weighted by Crippen LogP contribution is -1.87. The molecule has 0 amide bonds. The van der Waals surface area contributed by atoms with Crippen LogP contribution in [0.1, 0.15) is 0 Å². The minimum atomic E-state index is 0.247. The van der Waals surface area contributed by atoms with Crippen molar-refractivity contribution in [3.8, 4) is 17.0 Å². The van der Waals surface area contributed by atoms with Crippen molar-refractivity contribution in [2.24, 2.45) is 0 Å². The molecule has 0 radical (unpaired) electrons. The van der Waals surface area contributed by atoms with E-state index in [0.717, 1.165) is 44.0 Å². The third kappa shape index (κ3) is 1.82. The summed E-state index contributed by atoms with van der Waals surface area (Å²) in [6.07, 6.45) is 0. The third-order valence-electron chi connectivity index (χ3n) is 4.53. The molecule has 5 rings (SSSR count). The zero-order valence-electron chi connectivity index (χ0n) is 12.8. The second-order valence-corrected chi connectivity index (χ2v) is 5.94. The second-order valence-electron chi connectivity index (χ2n) is 5.94. The number of nitrogens with one attached hydrogen (secondary N) is 1. The van der Waals surface area contributed by atoms with Crippen molar-refractivity contribution < 1.29 is 5.11 Å². The molecule has 2 N–H and O–H groups in total. The Balaban J connectivity index is 1.84. The molecule has 0 saturated heterocycles. The van der Waals surface area contributed by atoms with Gasteiger partial charge in [-0.3, -0.25) is 0 Å². The van der Waals surface area contributed by atoms with E-state index < -0.39 is 0 Å². The Kier molecular flexibility index (Phi) is 2.65. The average Bonchev–Trinajstić information content (AvgIpc) is 2.99. The van der Waals surface area contributed by atoms with Crippen molar-refractivity contribution in [3.63, 3.8) is 0 Å². The van der Waals surface area contributed by atoms with Crippen molar-refractivity contribution >= 4 is 32.7 Å². The summed E-state index contributed by atoms with van der Waals surface area (Å²) in [4.78, 5) is 8.14. The standard InChI is InChI=1S/C21H14N2O/c24-19-12-9-13-5-1-2-6-14(13)20(19)18-11-10-16-15-7-3-4-8-17(15)22-21(16)23-18/h1-12,24H,(H,22,23). The Morgan fingerprint density at radius 1 is 0.708 bits per heavy atom. The number of rotatable bonds is 1. The first-order valence-corrected chi connectivity index (χ1v) is 7.90. The fraction of sp³-hybridized carbons (Fsp3) is 0. The molecule has 2 heterocycles. The zero-order valence-corrected chi connectivity index (χ0v) is 12.8. The summed E-state index contributed by atoms with van der Waals surface area (Å²) in [5.41, 5.74) is 3.44. The lowest BCUT2D eigenvalue weighted by molar-refractivity contribution is 0.478. The fourth-order valence-corrected chi connectivity index (χ4v) is 3.39. The van der Waals surface area contributed by atoms with Gasteiger partial charge in [0.25, 0.3) is 0 Å². The number of H-pyrrole nitrogens is 1. The molecule has 0 bridgehead atoms. The van der Waals surface area contributed by atoms with Crippen LogP contribution in [-0.4, -0.2) is 15.1 Å². The van der Waals surface area contributed by atoms with Crippen molar-refractivity contribution in [2.45, 2.75) is 0 Å². The van der Waals surface area contributed by atoms with Crippen LogP contribution in [-0.2, 0) is 0 Å². The molecular weight excluding hydrogens is 296 g/mol. The van der Waals surface area contributed by atoms with Gasteiger partial charge in [0.15, 0.2) is 0 Å². The van der Waals surface area contributed by atoms with E-state index >= 15 is 0 Å². The van der Waals surface area contributed by atoms with Gasteiger partial charge in [-0.2, -0.15) is 0 Å². The maximum atomic E-state index is 10.4. The summed E-state index contributed by atoms with van der Waals surface area (Å²) in [6.45, 7) is 0. The van der Waals surface area contributed by atoms with Crippen LogP contribution in [0.5, 0.6) is 5.75 Å². The van der Waals surface area contributed by atoms with Gasteiger partial charge in [-0.25, -0.2) is 4.98 Å². The fourth-order valence-electron chi connectivity index (χ4n) is 3.39. The molecule has 24 heavy (non-hydrogen) atoms. The monoisotopic (exact) mass is 310 g/mol. The Labute approximate surface area is 138 Å².